The molecule has 1 N–H and O–H groups in total. The van der Waals surface area contributed by atoms with Gasteiger partial charge in [0.05, 0.1) is 0 Å². The first-order chi connectivity index (χ1) is 3.77. The summed E-state index contributed by atoms with van der Waals surface area (Å²) in [6, 6.07) is 0. The Morgan fingerprint density at radius 1 is 1.50 bits per heavy atom. The smallest absolute Gasteiger partial charge is 0.0131 e. The number of likely N-dealkylation sites (N-methyl/N-ethyl adjacent to an activating group) is 1. The van der Waals surface area contributed by atoms with Gasteiger partial charge in [-0.25, -0.2) is 0 Å². The van der Waals surface area contributed by atoms with Crippen LogP contribution in [0.4, 0.5) is 0 Å². The molecule has 0 unspecified atom stereocenters. The van der Waals surface area contributed by atoms with Crippen molar-refractivity contribution >= 4 is 0 Å². The first-order valence-corrected chi connectivity index (χ1v) is 3.08. The zero-order valence-corrected chi connectivity index (χ0v) is 5.94. The van der Waals surface area contributed by atoms with Crippen LogP contribution >= 0.6 is 0 Å². The van der Waals surface area contributed by atoms with Gasteiger partial charge in [-0.2, -0.15) is 0 Å². The number of allylic oxidation sites excluding steroid dienone is 1. The second-order valence-corrected chi connectivity index (χ2v) is 2.23. The third kappa shape index (κ3) is 5.70. The number of rotatable bonds is 3. The maximum atomic E-state index is 3.04. The lowest BCUT2D eigenvalue weighted by Crippen LogP contribution is -2.04. The Hall–Kier alpha value is -0.300. The first kappa shape index (κ1) is 7.70. The van der Waals surface area contributed by atoms with E-state index in [-0.39, 0.29) is 0 Å². The van der Waals surface area contributed by atoms with Gasteiger partial charge in [0.25, 0.3) is 0 Å². The van der Waals surface area contributed by atoms with Crippen LogP contribution in [0.25, 0.3) is 0 Å². The summed E-state index contributed by atoms with van der Waals surface area (Å²) in [6.45, 7) is 5.33. The van der Waals surface area contributed by atoms with Crippen molar-refractivity contribution < 1.29 is 0 Å². The lowest BCUT2D eigenvalue weighted by molar-refractivity contribution is 0.818. The third-order valence-electron chi connectivity index (χ3n) is 0.843. The summed E-state index contributed by atoms with van der Waals surface area (Å²) in [5.41, 5.74) is 0. The fourth-order valence-electron chi connectivity index (χ4n) is 0.458. The Kier molecular flexibility index (Phi) is 4.67. The van der Waals surface area contributed by atoms with Gasteiger partial charge in [-0.05, 0) is 13.0 Å². The monoisotopic (exact) mass is 113 g/mol. The Balaban J connectivity index is 3.07. The van der Waals surface area contributed by atoms with Crippen molar-refractivity contribution in [1.82, 2.24) is 5.32 Å². The van der Waals surface area contributed by atoms with Crippen LogP contribution in [0.15, 0.2) is 12.2 Å². The molecule has 0 aromatic rings. The van der Waals surface area contributed by atoms with E-state index in [4.69, 9.17) is 0 Å². The van der Waals surface area contributed by atoms with Crippen LogP contribution in [-0.4, -0.2) is 13.6 Å². The van der Waals surface area contributed by atoms with Gasteiger partial charge in [-0.15, -0.1) is 0 Å². The molecule has 0 aliphatic carbocycles. The predicted molar refractivity (Wildman–Crippen MR) is 37.9 cm³/mol. The van der Waals surface area contributed by atoms with E-state index < -0.39 is 0 Å². The minimum atomic E-state index is 0.684. The van der Waals surface area contributed by atoms with Crippen molar-refractivity contribution in [2.45, 2.75) is 13.8 Å². The number of nitrogens with one attached hydrogen (secondary N) is 1. The molecular weight excluding hydrogens is 98.1 g/mol. The van der Waals surface area contributed by atoms with Gasteiger partial charge in [-0.3, -0.25) is 0 Å². The molecule has 1 heteroatoms. The normalized spacial score (nSPS) is 11.5. The predicted octanol–water partition coefficient (Wildman–Crippen LogP) is 1.42. The van der Waals surface area contributed by atoms with Crippen molar-refractivity contribution in [1.29, 1.82) is 0 Å². The summed E-state index contributed by atoms with van der Waals surface area (Å²) in [5.74, 6) is 0.684. The largest absolute Gasteiger partial charge is 0.316 e. The van der Waals surface area contributed by atoms with Crippen molar-refractivity contribution in [3.05, 3.63) is 12.2 Å². The molecular formula is C7H15N. The van der Waals surface area contributed by atoms with Crippen LogP contribution in [0.5, 0.6) is 0 Å². The number of hydrogen-bond donors (Lipinski definition) is 1. The highest BCUT2D eigenvalue weighted by Crippen LogP contribution is 1.91. The molecule has 0 aliphatic rings. The van der Waals surface area contributed by atoms with Gasteiger partial charge in [0.1, 0.15) is 0 Å². The molecule has 48 valence electrons. The van der Waals surface area contributed by atoms with Crippen molar-refractivity contribution in [3.63, 3.8) is 0 Å². The molecule has 0 rings (SSSR count). The molecule has 0 atom stereocenters. The zero-order valence-electron chi connectivity index (χ0n) is 5.94. The summed E-state index contributed by atoms with van der Waals surface area (Å²) >= 11 is 0. The minimum absolute atomic E-state index is 0.684. The minimum Gasteiger partial charge on any atom is -0.316 e. The molecule has 0 fully saturated rings. The topological polar surface area (TPSA) is 12.0 Å². The van der Waals surface area contributed by atoms with Gasteiger partial charge in [0.2, 0.25) is 0 Å². The fourth-order valence-corrected chi connectivity index (χ4v) is 0.458. The standard InChI is InChI=1S/C7H15N/c1-7(2)5-4-6-8-3/h4-5,7-8H,6H2,1-3H3. The summed E-state index contributed by atoms with van der Waals surface area (Å²) in [7, 11) is 1.95. The highest BCUT2D eigenvalue weighted by Gasteiger charge is 1.79. The molecule has 0 saturated carbocycles. The molecule has 0 aliphatic heterocycles. The van der Waals surface area contributed by atoms with Crippen molar-refractivity contribution in [3.8, 4) is 0 Å². The highest BCUT2D eigenvalue weighted by atomic mass is 14.8. The Bertz CT molecular complexity index is 64.8. The van der Waals surface area contributed by atoms with Crippen molar-refractivity contribution in [2.24, 2.45) is 5.92 Å². The third-order valence-corrected chi connectivity index (χ3v) is 0.843. The van der Waals surface area contributed by atoms with Crippen LogP contribution in [0, 0.1) is 5.92 Å². The maximum Gasteiger partial charge on any atom is 0.0131 e. The average Bonchev–Trinajstić information content (AvgIpc) is 1.66. The number of hydrogen-bond acceptors (Lipinski definition) is 1. The second-order valence-electron chi connectivity index (χ2n) is 2.23. The highest BCUT2D eigenvalue weighted by molar-refractivity contribution is 4.85. The van der Waals surface area contributed by atoms with E-state index in [0.29, 0.717) is 5.92 Å². The Labute approximate surface area is 51.8 Å². The van der Waals surface area contributed by atoms with Crippen LogP contribution in [0.3, 0.4) is 0 Å². The van der Waals surface area contributed by atoms with Crippen LogP contribution in [-0.2, 0) is 0 Å². The lowest BCUT2D eigenvalue weighted by Gasteiger charge is -1.91. The average molecular weight is 113 g/mol. The summed E-state index contributed by atoms with van der Waals surface area (Å²) in [4.78, 5) is 0. The molecule has 0 amide bonds. The lowest BCUT2D eigenvalue weighted by atomic mass is 10.2. The van der Waals surface area contributed by atoms with Gasteiger partial charge < -0.3 is 5.32 Å². The molecule has 0 bridgehead atoms. The van der Waals surface area contributed by atoms with E-state index in [2.05, 4.69) is 31.3 Å². The quantitative estimate of drug-likeness (QED) is 0.546. The van der Waals surface area contributed by atoms with Crippen LogP contribution < -0.4 is 5.32 Å². The SMILES string of the molecule is CNCC=CC(C)C. The molecule has 0 aromatic heterocycles. The molecule has 0 aromatic carbocycles. The molecule has 0 heterocycles. The molecule has 0 radical (unpaired) electrons. The van der Waals surface area contributed by atoms with Gasteiger partial charge in [-0.1, -0.05) is 26.0 Å². The van der Waals surface area contributed by atoms with E-state index in [1.165, 1.54) is 0 Å². The van der Waals surface area contributed by atoms with E-state index in [1.54, 1.807) is 0 Å². The maximum absolute atomic E-state index is 3.04. The van der Waals surface area contributed by atoms with Gasteiger partial charge >= 0.3 is 0 Å². The molecule has 1 nitrogen and oxygen atoms in total. The molecule has 0 spiro atoms. The Morgan fingerprint density at radius 3 is 2.50 bits per heavy atom. The van der Waals surface area contributed by atoms with Crippen LogP contribution in [0.1, 0.15) is 13.8 Å². The van der Waals surface area contributed by atoms with Gasteiger partial charge in [0.15, 0.2) is 0 Å². The van der Waals surface area contributed by atoms with E-state index in [9.17, 15) is 0 Å². The van der Waals surface area contributed by atoms with E-state index >= 15 is 0 Å². The Morgan fingerprint density at radius 2 is 2.12 bits per heavy atom. The van der Waals surface area contributed by atoms with Crippen molar-refractivity contribution in [2.75, 3.05) is 13.6 Å². The van der Waals surface area contributed by atoms with E-state index in [0.717, 1.165) is 6.54 Å². The summed E-state index contributed by atoms with van der Waals surface area (Å²) < 4.78 is 0. The van der Waals surface area contributed by atoms with Crippen LogP contribution in [0.2, 0.25) is 0 Å². The molecule has 8 heavy (non-hydrogen) atoms. The van der Waals surface area contributed by atoms with Gasteiger partial charge in [0, 0.05) is 6.54 Å². The second kappa shape index (κ2) is 4.85. The fraction of sp³-hybridized carbons (Fsp3) is 0.714. The van der Waals surface area contributed by atoms with E-state index in [1.807, 2.05) is 7.05 Å². The molecule has 0 saturated heterocycles. The summed E-state index contributed by atoms with van der Waals surface area (Å²) in [5, 5.41) is 3.04. The first-order valence-electron chi connectivity index (χ1n) is 3.08. The zero-order chi connectivity index (χ0) is 6.41. The summed E-state index contributed by atoms with van der Waals surface area (Å²) in [6.07, 6.45) is 4.33.